The van der Waals surface area contributed by atoms with E-state index in [1.165, 1.54) is 16.7 Å². The Kier molecular flexibility index (Phi) is 3.93. The largest absolute Gasteiger partial charge is 0.324 e. The molecule has 0 bridgehead atoms. The van der Waals surface area contributed by atoms with Gasteiger partial charge in [-0.05, 0) is 30.4 Å². The van der Waals surface area contributed by atoms with Crippen molar-refractivity contribution in [3.05, 3.63) is 41.0 Å². The zero-order valence-electron chi connectivity index (χ0n) is 11.0. The molecule has 1 rings (SSSR count). The van der Waals surface area contributed by atoms with Gasteiger partial charge in [-0.1, -0.05) is 56.7 Å². The fourth-order valence-electron chi connectivity index (χ4n) is 1.47. The first kappa shape index (κ1) is 13.0. The molecular weight excluding hydrogens is 194 g/mol. The van der Waals surface area contributed by atoms with Crippen molar-refractivity contribution < 1.29 is 0 Å². The molecule has 0 amide bonds. The van der Waals surface area contributed by atoms with Crippen LogP contribution in [-0.2, 0) is 5.41 Å². The van der Waals surface area contributed by atoms with Crippen molar-refractivity contribution in [3.8, 4) is 0 Å². The van der Waals surface area contributed by atoms with Gasteiger partial charge in [0.15, 0.2) is 0 Å². The van der Waals surface area contributed by atoms with Gasteiger partial charge in [0.2, 0.25) is 0 Å². The third-order valence-electron chi connectivity index (χ3n) is 2.89. The Labute approximate surface area is 99.4 Å². The number of hydrogen-bond acceptors (Lipinski definition) is 1. The Hall–Kier alpha value is -1.08. The summed E-state index contributed by atoms with van der Waals surface area (Å²) in [6.45, 7) is 10.8. The molecular formula is C15H23N. The van der Waals surface area contributed by atoms with E-state index >= 15 is 0 Å². The Morgan fingerprint density at radius 3 is 2.06 bits per heavy atom. The van der Waals surface area contributed by atoms with Crippen LogP contribution in [0.1, 0.15) is 45.7 Å². The molecule has 0 aliphatic rings. The van der Waals surface area contributed by atoms with Gasteiger partial charge in [0.25, 0.3) is 0 Å². The summed E-state index contributed by atoms with van der Waals surface area (Å²) in [4.78, 5) is 0. The fourth-order valence-corrected chi connectivity index (χ4v) is 1.47. The van der Waals surface area contributed by atoms with Crippen LogP contribution in [0.3, 0.4) is 0 Å². The zero-order valence-corrected chi connectivity index (χ0v) is 11.0. The van der Waals surface area contributed by atoms with Gasteiger partial charge >= 0.3 is 0 Å². The highest BCUT2D eigenvalue weighted by atomic mass is 14.6. The maximum absolute atomic E-state index is 5.81. The molecule has 88 valence electrons. The van der Waals surface area contributed by atoms with Crippen molar-refractivity contribution in [2.75, 3.05) is 0 Å². The number of rotatable bonds is 2. The maximum atomic E-state index is 5.81. The van der Waals surface area contributed by atoms with Gasteiger partial charge in [-0.2, -0.15) is 0 Å². The topological polar surface area (TPSA) is 26.0 Å². The number of hydrogen-bond donors (Lipinski definition) is 1. The van der Waals surface area contributed by atoms with E-state index in [0.29, 0.717) is 0 Å². The third-order valence-corrected chi connectivity index (χ3v) is 2.89. The lowest BCUT2D eigenvalue weighted by molar-refractivity contribution is 0.590. The molecule has 0 aliphatic heterocycles. The molecule has 1 heteroatoms. The van der Waals surface area contributed by atoms with Crippen LogP contribution in [0.5, 0.6) is 0 Å². The number of benzene rings is 1. The van der Waals surface area contributed by atoms with Gasteiger partial charge < -0.3 is 5.73 Å². The van der Waals surface area contributed by atoms with Crippen LogP contribution < -0.4 is 5.73 Å². The molecule has 0 spiro atoms. The molecule has 1 nitrogen and oxygen atoms in total. The van der Waals surface area contributed by atoms with Crippen LogP contribution in [0.15, 0.2) is 29.8 Å². The smallest absolute Gasteiger partial charge is 0.0225 e. The van der Waals surface area contributed by atoms with Crippen molar-refractivity contribution in [1.29, 1.82) is 0 Å². The van der Waals surface area contributed by atoms with Crippen molar-refractivity contribution in [3.63, 3.8) is 0 Å². The first-order valence-corrected chi connectivity index (χ1v) is 5.85. The molecule has 1 aromatic rings. The van der Waals surface area contributed by atoms with E-state index in [2.05, 4.69) is 58.0 Å². The average molecular weight is 217 g/mol. The van der Waals surface area contributed by atoms with Crippen LogP contribution in [-0.4, -0.2) is 6.04 Å². The fraction of sp³-hybridized carbons (Fsp3) is 0.467. The number of nitrogens with two attached hydrogens (primary N) is 1. The molecule has 1 atom stereocenters. The summed E-state index contributed by atoms with van der Waals surface area (Å²) in [7, 11) is 0. The normalized spacial score (nSPS) is 15.0. The van der Waals surface area contributed by atoms with Gasteiger partial charge in [0.1, 0.15) is 0 Å². The van der Waals surface area contributed by atoms with Crippen LogP contribution in [0.4, 0.5) is 0 Å². The minimum Gasteiger partial charge on any atom is -0.324 e. The Morgan fingerprint density at radius 1 is 1.19 bits per heavy atom. The van der Waals surface area contributed by atoms with E-state index in [9.17, 15) is 0 Å². The van der Waals surface area contributed by atoms with Crippen LogP contribution in [0, 0.1) is 0 Å². The second-order valence-electron chi connectivity index (χ2n) is 5.55. The summed E-state index contributed by atoms with van der Waals surface area (Å²) < 4.78 is 0. The lowest BCUT2D eigenvalue weighted by Gasteiger charge is -2.18. The van der Waals surface area contributed by atoms with Crippen molar-refractivity contribution in [2.24, 2.45) is 5.73 Å². The monoisotopic (exact) mass is 217 g/mol. The molecule has 0 heterocycles. The molecule has 0 radical (unpaired) electrons. The molecule has 2 N–H and O–H groups in total. The first-order chi connectivity index (χ1) is 7.30. The minimum absolute atomic E-state index is 0.127. The molecule has 0 saturated carbocycles. The highest BCUT2D eigenvalue weighted by Gasteiger charge is 2.12. The summed E-state index contributed by atoms with van der Waals surface area (Å²) in [5.41, 5.74) is 9.84. The maximum Gasteiger partial charge on any atom is 0.0225 e. The molecule has 1 unspecified atom stereocenters. The molecule has 0 saturated heterocycles. The summed E-state index contributed by atoms with van der Waals surface area (Å²) >= 11 is 0. The molecule has 0 aliphatic carbocycles. The zero-order chi connectivity index (χ0) is 12.3. The summed E-state index contributed by atoms with van der Waals surface area (Å²) in [6.07, 6.45) is 2.15. The standard InChI is InChI=1S/C15H23N/c1-11(12(2)16)10-13-6-8-14(9-7-13)15(3,4)5/h6-10,12H,16H2,1-5H3/b11-10+. The van der Waals surface area contributed by atoms with Gasteiger partial charge in [-0.15, -0.1) is 0 Å². The van der Waals surface area contributed by atoms with E-state index in [-0.39, 0.29) is 11.5 Å². The van der Waals surface area contributed by atoms with Crippen molar-refractivity contribution >= 4 is 6.08 Å². The lowest BCUT2D eigenvalue weighted by Crippen LogP contribution is -2.15. The predicted octanol–water partition coefficient (Wildman–Crippen LogP) is 3.73. The predicted molar refractivity (Wildman–Crippen MR) is 72.4 cm³/mol. The van der Waals surface area contributed by atoms with E-state index in [0.717, 1.165) is 0 Å². The first-order valence-electron chi connectivity index (χ1n) is 5.85. The highest BCUT2D eigenvalue weighted by molar-refractivity contribution is 5.54. The third kappa shape index (κ3) is 3.49. The van der Waals surface area contributed by atoms with E-state index in [1.54, 1.807) is 0 Å². The van der Waals surface area contributed by atoms with Crippen LogP contribution >= 0.6 is 0 Å². The van der Waals surface area contributed by atoms with Gasteiger partial charge in [0.05, 0.1) is 0 Å². The Balaban J connectivity index is 2.92. The lowest BCUT2D eigenvalue weighted by atomic mass is 9.86. The van der Waals surface area contributed by atoms with E-state index < -0.39 is 0 Å². The average Bonchev–Trinajstić information content (AvgIpc) is 2.17. The van der Waals surface area contributed by atoms with Crippen LogP contribution in [0.2, 0.25) is 0 Å². The summed E-state index contributed by atoms with van der Waals surface area (Å²) in [5.74, 6) is 0. The molecule has 0 aromatic heterocycles. The van der Waals surface area contributed by atoms with Crippen molar-refractivity contribution in [1.82, 2.24) is 0 Å². The second-order valence-corrected chi connectivity index (χ2v) is 5.55. The van der Waals surface area contributed by atoms with Crippen LogP contribution in [0.25, 0.3) is 6.08 Å². The quantitative estimate of drug-likeness (QED) is 0.802. The minimum atomic E-state index is 0.127. The Morgan fingerprint density at radius 2 is 1.69 bits per heavy atom. The van der Waals surface area contributed by atoms with Crippen molar-refractivity contribution in [2.45, 2.75) is 46.1 Å². The molecule has 1 aromatic carbocycles. The second kappa shape index (κ2) is 4.84. The Bertz CT molecular complexity index is 363. The summed E-state index contributed by atoms with van der Waals surface area (Å²) in [5, 5.41) is 0. The molecule has 16 heavy (non-hydrogen) atoms. The SMILES string of the molecule is C/C(=C\c1ccc(C(C)(C)C)cc1)C(C)N. The van der Waals surface area contributed by atoms with E-state index in [1.807, 2.05) is 6.92 Å². The van der Waals surface area contributed by atoms with E-state index in [4.69, 9.17) is 5.73 Å². The molecule has 0 fully saturated rings. The summed E-state index contributed by atoms with van der Waals surface area (Å²) in [6, 6.07) is 8.83. The highest BCUT2D eigenvalue weighted by Crippen LogP contribution is 2.22. The van der Waals surface area contributed by atoms with Gasteiger partial charge in [0, 0.05) is 6.04 Å². The van der Waals surface area contributed by atoms with Gasteiger partial charge in [-0.25, -0.2) is 0 Å². The van der Waals surface area contributed by atoms with Gasteiger partial charge in [-0.3, -0.25) is 0 Å².